The van der Waals surface area contributed by atoms with Gasteiger partial charge in [-0.1, -0.05) is 11.6 Å². The Morgan fingerprint density at radius 1 is 1.21 bits per heavy atom. The molecule has 2 saturated carbocycles. The molecule has 0 aromatic carbocycles. The topological polar surface area (TPSA) is 115 Å². The van der Waals surface area contributed by atoms with Crippen LogP contribution in [0.25, 0.3) is 11.3 Å². The van der Waals surface area contributed by atoms with Crippen LogP contribution in [0.5, 0.6) is 5.75 Å². The van der Waals surface area contributed by atoms with Gasteiger partial charge < -0.3 is 15.4 Å². The number of aromatic nitrogens is 3. The van der Waals surface area contributed by atoms with Crippen LogP contribution in [0.3, 0.4) is 0 Å². The molecule has 2 N–H and O–H groups in total. The molecule has 0 unspecified atom stereocenters. The van der Waals surface area contributed by atoms with E-state index in [1.165, 1.54) is 13.4 Å². The predicted octanol–water partition coefficient (Wildman–Crippen LogP) is 4.95. The number of alkyl halides is 2. The fraction of sp³-hybridized carbons (Fsp3) is 0.654. The van der Waals surface area contributed by atoms with Crippen LogP contribution in [0.2, 0.25) is 5.02 Å². The van der Waals surface area contributed by atoms with Gasteiger partial charge in [0.1, 0.15) is 21.4 Å². The Labute approximate surface area is 233 Å². The van der Waals surface area contributed by atoms with E-state index >= 15 is 0 Å². The summed E-state index contributed by atoms with van der Waals surface area (Å²) in [6.07, 6.45) is 5.90. The predicted molar refractivity (Wildman–Crippen MR) is 146 cm³/mol. The number of nitrogens with zero attached hydrogens (tertiary/aromatic N) is 3. The fourth-order valence-corrected chi connectivity index (χ4v) is 6.86. The Hall–Kier alpha value is -2.47. The number of methoxy groups -OCH3 is 1. The molecule has 0 aliphatic heterocycles. The van der Waals surface area contributed by atoms with E-state index in [0.717, 1.165) is 12.8 Å². The molecular weight excluding hydrogens is 552 g/mol. The Morgan fingerprint density at radius 2 is 1.87 bits per heavy atom. The van der Waals surface area contributed by atoms with Crippen LogP contribution in [0.4, 0.5) is 14.6 Å². The van der Waals surface area contributed by atoms with Crippen LogP contribution in [-0.2, 0) is 16.4 Å². The first-order chi connectivity index (χ1) is 18.4. The van der Waals surface area contributed by atoms with Gasteiger partial charge in [-0.15, -0.1) is 0 Å². The Bertz CT molecular complexity index is 1290. The smallest absolute Gasteiger partial charge is 0.273 e. The lowest BCUT2D eigenvalue weighted by Gasteiger charge is -2.29. The van der Waals surface area contributed by atoms with E-state index in [1.54, 1.807) is 16.9 Å². The minimum absolute atomic E-state index is 0.0886. The van der Waals surface area contributed by atoms with Crippen molar-refractivity contribution in [3.8, 4) is 17.0 Å². The van der Waals surface area contributed by atoms with Crippen molar-refractivity contribution < 1.29 is 26.7 Å². The second-order valence-corrected chi connectivity index (χ2v) is 13.3. The number of pyridine rings is 1. The molecule has 1 amide bonds. The van der Waals surface area contributed by atoms with Gasteiger partial charge in [0, 0.05) is 50.5 Å². The van der Waals surface area contributed by atoms with Crippen molar-refractivity contribution in [2.24, 2.45) is 5.92 Å². The second kappa shape index (κ2) is 12.0. The maximum absolute atomic E-state index is 13.5. The molecule has 2 heterocycles. The molecule has 2 aromatic heterocycles. The molecule has 13 heteroatoms. The monoisotopic (exact) mass is 587 g/mol. The molecular formula is C26H36ClF2N5O4S. The van der Waals surface area contributed by atoms with Crippen LogP contribution in [0.15, 0.2) is 12.3 Å². The first-order valence-electron chi connectivity index (χ1n) is 13.3. The number of nitrogens with one attached hydrogen (secondary N) is 2. The van der Waals surface area contributed by atoms with E-state index in [2.05, 4.69) is 20.7 Å². The standard InChI is InChI=1S/C26H36ClF2N5O4S/c1-4-34-24(19-15-30-21(13-20(19)38-2)32-17-9-11-26(28,29)12-10-17)22(27)23(33-34)25(35)31-14-16-5-7-18(8-6-16)39(3,36)37/h13,15-18H,4-12,14H2,1-3H3,(H,30,32)(H,31,35). The molecule has 216 valence electrons. The summed E-state index contributed by atoms with van der Waals surface area (Å²) in [6.45, 7) is 2.74. The highest BCUT2D eigenvalue weighted by molar-refractivity contribution is 7.91. The summed E-state index contributed by atoms with van der Waals surface area (Å²) in [4.78, 5) is 17.5. The number of anilines is 1. The summed E-state index contributed by atoms with van der Waals surface area (Å²) in [5.41, 5.74) is 1.13. The summed E-state index contributed by atoms with van der Waals surface area (Å²) in [6, 6.07) is 1.59. The van der Waals surface area contributed by atoms with Crippen molar-refractivity contribution in [1.29, 1.82) is 0 Å². The van der Waals surface area contributed by atoms with Crippen molar-refractivity contribution in [3.63, 3.8) is 0 Å². The number of halogens is 3. The summed E-state index contributed by atoms with van der Waals surface area (Å²) >= 11 is 6.70. The third kappa shape index (κ3) is 7.00. The molecule has 0 atom stereocenters. The summed E-state index contributed by atoms with van der Waals surface area (Å²) in [5, 5.41) is 10.4. The number of hydrogen-bond acceptors (Lipinski definition) is 7. The first-order valence-corrected chi connectivity index (χ1v) is 15.7. The SMILES string of the molecule is CCn1nc(C(=O)NCC2CCC(S(C)(=O)=O)CC2)c(Cl)c1-c1cnc(NC2CCC(F)(F)CC2)cc1OC. The first kappa shape index (κ1) is 29.5. The van der Waals surface area contributed by atoms with Gasteiger partial charge >= 0.3 is 0 Å². The lowest BCUT2D eigenvalue weighted by molar-refractivity contribution is -0.0361. The van der Waals surface area contributed by atoms with Crippen molar-refractivity contribution in [2.45, 2.75) is 82.0 Å². The van der Waals surface area contributed by atoms with Crippen molar-refractivity contribution in [2.75, 3.05) is 25.2 Å². The van der Waals surface area contributed by atoms with Gasteiger partial charge in [0.25, 0.3) is 5.91 Å². The average molecular weight is 588 g/mol. The van der Waals surface area contributed by atoms with Crippen molar-refractivity contribution >= 4 is 33.2 Å². The van der Waals surface area contributed by atoms with Gasteiger partial charge in [0.05, 0.1) is 28.6 Å². The van der Waals surface area contributed by atoms with Crippen LogP contribution in [0, 0.1) is 5.92 Å². The molecule has 0 spiro atoms. The summed E-state index contributed by atoms with van der Waals surface area (Å²) < 4.78 is 57.8. The molecule has 0 radical (unpaired) electrons. The third-order valence-electron chi connectivity index (χ3n) is 7.77. The Kier molecular flexibility index (Phi) is 9.05. The van der Waals surface area contributed by atoms with Crippen molar-refractivity contribution in [1.82, 2.24) is 20.1 Å². The Morgan fingerprint density at radius 3 is 2.46 bits per heavy atom. The maximum Gasteiger partial charge on any atom is 0.273 e. The average Bonchev–Trinajstić information content (AvgIpc) is 3.24. The van der Waals surface area contributed by atoms with Crippen LogP contribution < -0.4 is 15.4 Å². The van der Waals surface area contributed by atoms with E-state index in [9.17, 15) is 22.0 Å². The highest BCUT2D eigenvalue weighted by Gasteiger charge is 2.35. The number of rotatable bonds is 9. The number of sulfone groups is 1. The number of carbonyl (C=O) groups is 1. The van der Waals surface area contributed by atoms with Gasteiger partial charge in [0.2, 0.25) is 5.92 Å². The van der Waals surface area contributed by atoms with E-state index in [0.29, 0.717) is 61.6 Å². The van der Waals surface area contributed by atoms with E-state index in [1.807, 2.05) is 6.92 Å². The largest absolute Gasteiger partial charge is 0.496 e. The zero-order valence-corrected chi connectivity index (χ0v) is 24.0. The van der Waals surface area contributed by atoms with Crippen LogP contribution in [0.1, 0.15) is 68.8 Å². The van der Waals surface area contributed by atoms with Crippen LogP contribution in [-0.4, -0.2) is 66.2 Å². The normalized spacial score (nSPS) is 21.9. The highest BCUT2D eigenvalue weighted by Crippen LogP contribution is 2.39. The molecule has 2 aliphatic rings. The van der Waals surface area contributed by atoms with Gasteiger partial charge in [0.15, 0.2) is 5.69 Å². The highest BCUT2D eigenvalue weighted by atomic mass is 35.5. The lowest BCUT2D eigenvalue weighted by Crippen LogP contribution is -2.34. The van der Waals surface area contributed by atoms with E-state index in [4.69, 9.17) is 16.3 Å². The number of carbonyl (C=O) groups excluding carboxylic acids is 1. The summed E-state index contributed by atoms with van der Waals surface area (Å²) in [7, 11) is -1.53. The Balaban J connectivity index is 1.46. The van der Waals surface area contributed by atoms with Gasteiger partial charge in [-0.25, -0.2) is 22.2 Å². The number of amides is 1. The molecule has 2 fully saturated rings. The van der Waals surface area contributed by atoms with E-state index in [-0.39, 0.29) is 40.8 Å². The minimum atomic E-state index is -3.05. The minimum Gasteiger partial charge on any atom is -0.496 e. The van der Waals surface area contributed by atoms with Gasteiger partial charge in [-0.3, -0.25) is 9.48 Å². The zero-order chi connectivity index (χ0) is 28.4. The summed E-state index contributed by atoms with van der Waals surface area (Å²) in [5.74, 6) is -1.85. The molecule has 2 aliphatic carbocycles. The van der Waals surface area contributed by atoms with Gasteiger partial charge in [-0.05, 0) is 51.4 Å². The molecule has 4 rings (SSSR count). The lowest BCUT2D eigenvalue weighted by atomic mass is 9.89. The molecule has 0 saturated heterocycles. The number of ether oxygens (including phenoxy) is 1. The molecule has 39 heavy (non-hydrogen) atoms. The van der Waals surface area contributed by atoms with Crippen molar-refractivity contribution in [3.05, 3.63) is 23.0 Å². The fourth-order valence-electron chi connectivity index (χ4n) is 5.41. The maximum atomic E-state index is 13.5. The van der Waals surface area contributed by atoms with E-state index < -0.39 is 21.7 Å². The number of hydrogen-bond donors (Lipinski definition) is 2. The van der Waals surface area contributed by atoms with Crippen LogP contribution >= 0.6 is 11.6 Å². The molecule has 0 bridgehead atoms. The van der Waals surface area contributed by atoms with Gasteiger partial charge in [-0.2, -0.15) is 5.10 Å². The molecule has 9 nitrogen and oxygen atoms in total. The third-order valence-corrected chi connectivity index (χ3v) is 9.81. The quantitative estimate of drug-likeness (QED) is 0.426. The second-order valence-electron chi connectivity index (χ2n) is 10.6. The number of aryl methyl sites for hydroxylation is 1. The zero-order valence-electron chi connectivity index (χ0n) is 22.5. The molecule has 2 aromatic rings.